The lowest BCUT2D eigenvalue weighted by atomic mass is 10.1. The first-order valence-corrected chi connectivity index (χ1v) is 12.3. The van der Waals surface area contributed by atoms with Crippen LogP contribution in [-0.2, 0) is 4.79 Å². The highest BCUT2D eigenvalue weighted by molar-refractivity contribution is 8.00. The Morgan fingerprint density at radius 1 is 0.879 bits per heavy atom. The van der Waals surface area contributed by atoms with Crippen molar-refractivity contribution in [2.24, 2.45) is 0 Å². The fraction of sp³-hybridized carbons (Fsp3) is 0.154. The zero-order valence-electron chi connectivity index (χ0n) is 18.2. The molecule has 5 nitrogen and oxygen atoms in total. The molecule has 0 saturated carbocycles. The molecule has 1 fully saturated rings. The van der Waals surface area contributed by atoms with Gasteiger partial charge in [-0.15, -0.1) is 11.8 Å². The summed E-state index contributed by atoms with van der Waals surface area (Å²) in [7, 11) is 3.23. The maximum Gasteiger partial charge on any atom is 0.240 e. The Balaban J connectivity index is 1.60. The van der Waals surface area contributed by atoms with Gasteiger partial charge in [-0.3, -0.25) is 9.69 Å². The zero-order valence-corrected chi connectivity index (χ0v) is 19.9. The molecule has 1 aliphatic heterocycles. The number of nitrogens with zero attached hydrogens (tertiary/aromatic N) is 2. The van der Waals surface area contributed by atoms with Gasteiger partial charge in [-0.25, -0.2) is 4.98 Å². The topological polar surface area (TPSA) is 51.7 Å². The lowest BCUT2D eigenvalue weighted by Gasteiger charge is -2.22. The van der Waals surface area contributed by atoms with Crippen molar-refractivity contribution in [2.45, 2.75) is 5.37 Å². The van der Waals surface area contributed by atoms with E-state index in [0.717, 1.165) is 27.3 Å². The van der Waals surface area contributed by atoms with Gasteiger partial charge >= 0.3 is 0 Å². The Morgan fingerprint density at radius 3 is 2.21 bits per heavy atom. The van der Waals surface area contributed by atoms with Crippen LogP contribution in [0.2, 0.25) is 0 Å². The zero-order chi connectivity index (χ0) is 22.8. The molecule has 1 atom stereocenters. The van der Waals surface area contributed by atoms with Crippen LogP contribution in [0.15, 0.2) is 78.9 Å². The number of amides is 1. The van der Waals surface area contributed by atoms with Crippen LogP contribution in [0, 0.1) is 0 Å². The molecule has 33 heavy (non-hydrogen) atoms. The second kappa shape index (κ2) is 9.29. The van der Waals surface area contributed by atoms with Crippen molar-refractivity contribution in [1.82, 2.24) is 4.98 Å². The summed E-state index contributed by atoms with van der Waals surface area (Å²) >= 11 is 3.14. The van der Waals surface area contributed by atoms with Crippen LogP contribution in [0.1, 0.15) is 10.9 Å². The SMILES string of the molecule is COc1ccc([C@@H]2SCC(=O)N2c2nc(-c3ccccc3)c(-c3ccccc3)s2)cc1OC. The molecule has 0 aliphatic carbocycles. The highest BCUT2D eigenvalue weighted by Crippen LogP contribution is 2.48. The normalized spacial score (nSPS) is 15.6. The molecule has 7 heteroatoms. The molecule has 2 heterocycles. The molecule has 4 aromatic rings. The lowest BCUT2D eigenvalue weighted by molar-refractivity contribution is -0.115. The largest absolute Gasteiger partial charge is 0.493 e. The van der Waals surface area contributed by atoms with Gasteiger partial charge in [-0.05, 0) is 23.3 Å². The van der Waals surface area contributed by atoms with E-state index in [-0.39, 0.29) is 11.3 Å². The first-order valence-electron chi connectivity index (χ1n) is 10.5. The molecule has 5 rings (SSSR count). The predicted molar refractivity (Wildman–Crippen MR) is 135 cm³/mol. The van der Waals surface area contributed by atoms with Gasteiger partial charge in [0.25, 0.3) is 0 Å². The minimum absolute atomic E-state index is 0.0489. The number of carbonyl (C=O) groups is 1. The Bertz CT molecular complexity index is 1220. The van der Waals surface area contributed by atoms with Crippen LogP contribution in [0.25, 0.3) is 21.7 Å². The van der Waals surface area contributed by atoms with Crippen LogP contribution >= 0.6 is 23.1 Å². The third-order valence-corrected chi connectivity index (χ3v) is 7.78. The number of aromatic nitrogens is 1. The third-order valence-electron chi connectivity index (χ3n) is 5.47. The second-order valence-electron chi connectivity index (χ2n) is 7.45. The molecule has 3 aromatic carbocycles. The van der Waals surface area contributed by atoms with Gasteiger partial charge in [0.1, 0.15) is 5.37 Å². The van der Waals surface area contributed by atoms with E-state index in [9.17, 15) is 4.79 Å². The Kier molecular flexibility index (Phi) is 6.07. The van der Waals surface area contributed by atoms with Crippen LogP contribution in [0.3, 0.4) is 0 Å². The summed E-state index contributed by atoms with van der Waals surface area (Å²) in [5.41, 5.74) is 3.97. The molecule has 166 valence electrons. The van der Waals surface area contributed by atoms with Crippen molar-refractivity contribution in [3.05, 3.63) is 84.4 Å². The van der Waals surface area contributed by atoms with Gasteiger partial charge in [0.2, 0.25) is 5.91 Å². The van der Waals surface area contributed by atoms with E-state index in [1.807, 2.05) is 59.5 Å². The number of methoxy groups -OCH3 is 2. The molecule has 0 unspecified atom stereocenters. The summed E-state index contributed by atoms with van der Waals surface area (Å²) in [6.45, 7) is 0. The Morgan fingerprint density at radius 2 is 1.55 bits per heavy atom. The molecule has 1 aromatic heterocycles. The van der Waals surface area contributed by atoms with Crippen LogP contribution in [0.4, 0.5) is 5.13 Å². The summed E-state index contributed by atoms with van der Waals surface area (Å²) < 4.78 is 10.9. The molecule has 0 N–H and O–H groups in total. The number of thiazole rings is 1. The van der Waals surface area contributed by atoms with E-state index in [1.165, 1.54) is 0 Å². The predicted octanol–water partition coefficient (Wildman–Crippen LogP) is 6.27. The van der Waals surface area contributed by atoms with Gasteiger partial charge in [0.15, 0.2) is 16.6 Å². The van der Waals surface area contributed by atoms with E-state index in [4.69, 9.17) is 14.5 Å². The van der Waals surface area contributed by atoms with Gasteiger partial charge < -0.3 is 9.47 Å². The average Bonchev–Trinajstić information content (AvgIpc) is 3.48. The summed E-state index contributed by atoms with van der Waals surface area (Å²) in [4.78, 5) is 20.9. The fourth-order valence-electron chi connectivity index (χ4n) is 3.87. The monoisotopic (exact) mass is 474 g/mol. The summed E-state index contributed by atoms with van der Waals surface area (Å²) in [5.74, 6) is 1.76. The number of carbonyl (C=O) groups excluding carboxylic acids is 1. The highest BCUT2D eigenvalue weighted by Gasteiger charge is 2.37. The number of benzene rings is 3. The van der Waals surface area contributed by atoms with Crippen molar-refractivity contribution >= 4 is 34.1 Å². The van der Waals surface area contributed by atoms with E-state index in [1.54, 1.807) is 37.3 Å². The number of hydrogen-bond donors (Lipinski definition) is 0. The smallest absolute Gasteiger partial charge is 0.240 e. The highest BCUT2D eigenvalue weighted by atomic mass is 32.2. The molecule has 0 bridgehead atoms. The lowest BCUT2D eigenvalue weighted by Crippen LogP contribution is -2.27. The molecule has 1 saturated heterocycles. The van der Waals surface area contributed by atoms with Gasteiger partial charge in [-0.1, -0.05) is 78.1 Å². The van der Waals surface area contributed by atoms with Crippen molar-refractivity contribution in [3.63, 3.8) is 0 Å². The maximum absolute atomic E-state index is 13.0. The van der Waals surface area contributed by atoms with Crippen LogP contribution < -0.4 is 14.4 Å². The van der Waals surface area contributed by atoms with Crippen molar-refractivity contribution in [1.29, 1.82) is 0 Å². The van der Waals surface area contributed by atoms with Gasteiger partial charge in [0, 0.05) is 5.56 Å². The summed E-state index contributed by atoms with van der Waals surface area (Å²) in [6, 6.07) is 26.1. The molecule has 0 radical (unpaired) electrons. The van der Waals surface area contributed by atoms with Gasteiger partial charge in [0.05, 0.1) is 30.5 Å². The van der Waals surface area contributed by atoms with E-state index < -0.39 is 0 Å². The van der Waals surface area contributed by atoms with Gasteiger partial charge in [-0.2, -0.15) is 0 Å². The Labute approximate surface area is 201 Å². The average molecular weight is 475 g/mol. The number of ether oxygens (including phenoxy) is 2. The minimum atomic E-state index is -0.185. The molecular formula is C26H22N2O3S2. The quantitative estimate of drug-likeness (QED) is 0.330. The van der Waals surface area contributed by atoms with Crippen molar-refractivity contribution in [2.75, 3.05) is 24.9 Å². The molecule has 1 aliphatic rings. The molecular weight excluding hydrogens is 452 g/mol. The first-order chi connectivity index (χ1) is 16.2. The summed E-state index contributed by atoms with van der Waals surface area (Å²) in [5, 5.41) is 0.512. The second-order valence-corrected chi connectivity index (χ2v) is 9.49. The number of rotatable bonds is 6. The standard InChI is InChI=1S/C26H22N2O3S2/c1-30-20-14-13-19(15-21(20)31-2)25-28(22(29)16-32-25)26-27-23(17-9-5-3-6-10-17)24(33-26)18-11-7-4-8-12-18/h3-15,25H,16H2,1-2H3/t25-/m0/s1. The third kappa shape index (κ3) is 4.10. The molecule has 1 amide bonds. The van der Waals surface area contributed by atoms with Crippen molar-refractivity contribution < 1.29 is 14.3 Å². The Hall–Kier alpha value is -3.29. The summed E-state index contributed by atoms with van der Waals surface area (Å²) in [6.07, 6.45) is 0. The van der Waals surface area contributed by atoms with Crippen LogP contribution in [0.5, 0.6) is 11.5 Å². The number of thioether (sulfide) groups is 1. The van der Waals surface area contributed by atoms with Crippen molar-refractivity contribution in [3.8, 4) is 33.2 Å². The first kappa shape index (κ1) is 21.6. The van der Waals surface area contributed by atoms with E-state index >= 15 is 0 Å². The van der Waals surface area contributed by atoms with Crippen LogP contribution in [-0.4, -0.2) is 30.9 Å². The number of anilines is 1. The fourth-order valence-corrected chi connectivity index (χ4v) is 6.22. The van der Waals surface area contributed by atoms with E-state index in [0.29, 0.717) is 22.4 Å². The minimum Gasteiger partial charge on any atom is -0.493 e. The van der Waals surface area contributed by atoms with E-state index in [2.05, 4.69) is 24.3 Å². The number of hydrogen-bond acceptors (Lipinski definition) is 6. The maximum atomic E-state index is 13.0. The molecule has 0 spiro atoms.